The van der Waals surface area contributed by atoms with Crippen molar-refractivity contribution in [3.05, 3.63) is 36.4 Å². The Balaban J connectivity index is 2.11. The van der Waals surface area contributed by atoms with Gasteiger partial charge in [-0.3, -0.25) is 19.4 Å². The lowest BCUT2D eigenvalue weighted by molar-refractivity contribution is -0.143. The number of carbonyl (C=O) groups is 4. The first-order valence-electron chi connectivity index (χ1n) is 12.0. The van der Waals surface area contributed by atoms with Gasteiger partial charge in [-0.2, -0.15) is 0 Å². The van der Waals surface area contributed by atoms with Crippen LogP contribution >= 0.6 is 0 Å². The summed E-state index contributed by atoms with van der Waals surface area (Å²) in [5, 5.41) is 27.0. The Hall–Kier alpha value is -4.51. The molecule has 3 amide bonds. The molecule has 0 saturated heterocycles. The summed E-state index contributed by atoms with van der Waals surface area (Å²) in [4.78, 5) is 67.5. The molecular weight excluding hydrogens is 514 g/mol. The minimum Gasteiger partial charge on any atom is -0.480 e. The Bertz CT molecular complexity index is 1100. The predicted molar refractivity (Wildman–Crippen MR) is 138 cm³/mol. The first kappa shape index (κ1) is 30.7. The Morgan fingerprint density at radius 1 is 0.949 bits per heavy atom. The van der Waals surface area contributed by atoms with Gasteiger partial charge in [0.05, 0.1) is 24.8 Å². The third-order valence-corrected chi connectivity index (χ3v) is 5.57. The van der Waals surface area contributed by atoms with E-state index in [2.05, 4.69) is 40.9 Å². The van der Waals surface area contributed by atoms with Gasteiger partial charge in [0.1, 0.15) is 18.1 Å². The van der Waals surface area contributed by atoms with Crippen LogP contribution in [0.1, 0.15) is 31.2 Å². The molecule has 214 valence electrons. The van der Waals surface area contributed by atoms with Gasteiger partial charge in [0, 0.05) is 43.2 Å². The molecule has 39 heavy (non-hydrogen) atoms. The van der Waals surface area contributed by atoms with Crippen molar-refractivity contribution in [2.45, 2.75) is 62.9 Å². The standard InChI is InChI=1S/C22H35N11O6/c1-11(34)17(20(37)32-16(21(38)39)6-13-8-27-10-30-13)33-19(36)15(3-2-4-28-22(24)25)31-18(35)14(23)5-12-7-26-9-29-12/h7-11,14-17,34H,2-6,23H2,1H3,(H,26,29)(H,27,30)(H,31,35)(H,32,37)(H,33,36)(H,38,39)(H4,24,25,28)/t11-,14+,15+,16+,17+/m1/s1. The summed E-state index contributed by atoms with van der Waals surface area (Å²) < 4.78 is 0. The number of aromatic nitrogens is 4. The average Bonchev–Trinajstić information content (AvgIpc) is 3.57. The summed E-state index contributed by atoms with van der Waals surface area (Å²) in [5.41, 5.74) is 17.7. The highest BCUT2D eigenvalue weighted by Crippen LogP contribution is 2.05. The zero-order valence-corrected chi connectivity index (χ0v) is 21.3. The number of imidazole rings is 2. The molecule has 0 aliphatic rings. The van der Waals surface area contributed by atoms with Gasteiger partial charge in [0.2, 0.25) is 17.7 Å². The molecule has 0 unspecified atom stereocenters. The van der Waals surface area contributed by atoms with Crippen LogP contribution < -0.4 is 33.2 Å². The Labute approximate surface area is 223 Å². The molecule has 0 aromatic carbocycles. The van der Waals surface area contributed by atoms with Crippen LogP contribution in [-0.2, 0) is 32.0 Å². The van der Waals surface area contributed by atoms with Crippen molar-refractivity contribution < 1.29 is 29.4 Å². The quantitative estimate of drug-likeness (QED) is 0.0550. The number of hydrogen-bond donors (Lipinski definition) is 10. The van der Waals surface area contributed by atoms with E-state index in [1.807, 2.05) is 0 Å². The molecule has 0 bridgehead atoms. The largest absolute Gasteiger partial charge is 0.480 e. The highest BCUT2D eigenvalue weighted by Gasteiger charge is 2.33. The molecule has 2 heterocycles. The zero-order valence-electron chi connectivity index (χ0n) is 21.3. The first-order chi connectivity index (χ1) is 18.5. The van der Waals surface area contributed by atoms with Gasteiger partial charge in [-0.1, -0.05) is 0 Å². The van der Waals surface area contributed by atoms with Gasteiger partial charge in [-0.25, -0.2) is 14.8 Å². The lowest BCUT2D eigenvalue weighted by Crippen LogP contribution is -2.60. The number of hydrogen-bond acceptors (Lipinski definition) is 9. The second-order valence-electron chi connectivity index (χ2n) is 8.80. The van der Waals surface area contributed by atoms with Crippen molar-refractivity contribution >= 4 is 29.7 Å². The number of guanidine groups is 1. The predicted octanol–water partition coefficient (Wildman–Crippen LogP) is -3.78. The number of carboxylic acids is 1. The lowest BCUT2D eigenvalue weighted by Gasteiger charge is -2.26. The summed E-state index contributed by atoms with van der Waals surface area (Å²) in [6.45, 7) is 1.41. The summed E-state index contributed by atoms with van der Waals surface area (Å²) in [6, 6.07) is -5.09. The van der Waals surface area contributed by atoms with Crippen LogP contribution in [0, 0.1) is 0 Å². The number of nitrogens with one attached hydrogen (secondary N) is 5. The first-order valence-corrected chi connectivity index (χ1v) is 12.0. The van der Waals surface area contributed by atoms with Crippen LogP contribution in [-0.4, -0.2) is 96.6 Å². The molecule has 2 rings (SSSR count). The fourth-order valence-corrected chi connectivity index (χ4v) is 3.51. The van der Waals surface area contributed by atoms with E-state index in [1.54, 1.807) is 0 Å². The Morgan fingerprint density at radius 3 is 2.05 bits per heavy atom. The number of aliphatic hydroxyl groups is 1. The van der Waals surface area contributed by atoms with E-state index in [0.717, 1.165) is 0 Å². The topological polar surface area (TPSA) is 293 Å². The maximum absolute atomic E-state index is 13.2. The van der Waals surface area contributed by atoms with Crippen LogP contribution in [0.3, 0.4) is 0 Å². The molecule has 2 aromatic heterocycles. The summed E-state index contributed by atoms with van der Waals surface area (Å²) in [5.74, 6) is -3.86. The van der Waals surface area contributed by atoms with Crippen molar-refractivity contribution in [2.24, 2.45) is 22.2 Å². The second-order valence-corrected chi connectivity index (χ2v) is 8.80. The van der Waals surface area contributed by atoms with E-state index in [1.165, 1.54) is 32.0 Å². The SMILES string of the molecule is C[C@@H](O)[C@H](NC(=O)[C@H](CCCN=C(N)N)NC(=O)[C@@H](N)Cc1cnc[nH]1)C(=O)N[C@@H](Cc1cnc[nH]1)C(=O)O. The van der Waals surface area contributed by atoms with Gasteiger partial charge >= 0.3 is 5.97 Å². The number of aliphatic carboxylic acids is 1. The van der Waals surface area contributed by atoms with Gasteiger partial charge in [-0.05, 0) is 19.8 Å². The van der Waals surface area contributed by atoms with E-state index >= 15 is 0 Å². The molecule has 2 aromatic rings. The van der Waals surface area contributed by atoms with Crippen molar-refractivity contribution in [3.8, 4) is 0 Å². The van der Waals surface area contributed by atoms with Crippen LogP contribution in [0.5, 0.6) is 0 Å². The van der Waals surface area contributed by atoms with Gasteiger partial charge < -0.3 is 53.3 Å². The Morgan fingerprint density at radius 2 is 1.54 bits per heavy atom. The summed E-state index contributed by atoms with van der Waals surface area (Å²) >= 11 is 0. The molecular formula is C22H35N11O6. The molecule has 0 radical (unpaired) electrons. The lowest BCUT2D eigenvalue weighted by atomic mass is 10.1. The van der Waals surface area contributed by atoms with Crippen LogP contribution in [0.15, 0.2) is 30.0 Å². The number of aliphatic hydroxyl groups excluding tert-OH is 1. The number of nitrogens with two attached hydrogens (primary N) is 3. The maximum Gasteiger partial charge on any atom is 0.326 e. The average molecular weight is 550 g/mol. The number of nitrogens with zero attached hydrogens (tertiary/aromatic N) is 3. The fraction of sp³-hybridized carbons (Fsp3) is 0.500. The zero-order chi connectivity index (χ0) is 28.9. The van der Waals surface area contributed by atoms with E-state index in [-0.39, 0.29) is 38.2 Å². The Kier molecular flexibility index (Phi) is 11.8. The van der Waals surface area contributed by atoms with E-state index < -0.39 is 54.0 Å². The van der Waals surface area contributed by atoms with Crippen LogP contribution in [0.2, 0.25) is 0 Å². The third kappa shape index (κ3) is 10.4. The number of rotatable bonds is 16. The molecule has 5 atom stereocenters. The number of aromatic amines is 2. The summed E-state index contributed by atoms with van der Waals surface area (Å²) in [7, 11) is 0. The van der Waals surface area contributed by atoms with Crippen molar-refractivity contribution in [1.29, 1.82) is 0 Å². The smallest absolute Gasteiger partial charge is 0.326 e. The highest BCUT2D eigenvalue weighted by molar-refractivity contribution is 5.94. The molecule has 17 nitrogen and oxygen atoms in total. The van der Waals surface area contributed by atoms with Crippen molar-refractivity contribution in [1.82, 2.24) is 35.9 Å². The van der Waals surface area contributed by atoms with Crippen molar-refractivity contribution in [2.75, 3.05) is 6.54 Å². The van der Waals surface area contributed by atoms with Crippen LogP contribution in [0.25, 0.3) is 0 Å². The monoisotopic (exact) mass is 549 g/mol. The number of carboxylic acid groups (broad SMARTS) is 1. The molecule has 17 heteroatoms. The van der Waals surface area contributed by atoms with Gasteiger partial charge in [0.15, 0.2) is 5.96 Å². The van der Waals surface area contributed by atoms with Gasteiger partial charge in [0.25, 0.3) is 0 Å². The number of aliphatic imine (C=N–C) groups is 1. The fourth-order valence-electron chi connectivity index (χ4n) is 3.51. The third-order valence-electron chi connectivity index (χ3n) is 5.57. The van der Waals surface area contributed by atoms with Crippen LogP contribution in [0.4, 0.5) is 0 Å². The molecule has 13 N–H and O–H groups in total. The number of H-pyrrole nitrogens is 2. The van der Waals surface area contributed by atoms with Gasteiger partial charge in [-0.15, -0.1) is 0 Å². The molecule has 0 aliphatic carbocycles. The molecule has 0 saturated carbocycles. The number of amides is 3. The minimum absolute atomic E-state index is 0.0663. The van der Waals surface area contributed by atoms with Crippen molar-refractivity contribution in [3.63, 3.8) is 0 Å². The summed E-state index contributed by atoms with van der Waals surface area (Å²) in [6.07, 6.45) is 4.66. The maximum atomic E-state index is 13.2. The van der Waals surface area contributed by atoms with E-state index in [0.29, 0.717) is 11.4 Å². The van der Waals surface area contributed by atoms with E-state index in [9.17, 15) is 29.4 Å². The number of carbonyl (C=O) groups excluding carboxylic acids is 3. The minimum atomic E-state index is -1.53. The molecule has 0 spiro atoms. The second kappa shape index (κ2) is 15.0. The molecule has 0 aliphatic heterocycles. The normalized spacial score (nSPS) is 14.7. The molecule has 0 fully saturated rings. The van der Waals surface area contributed by atoms with E-state index in [4.69, 9.17) is 17.2 Å². The highest BCUT2D eigenvalue weighted by atomic mass is 16.4.